The molecule has 20 heavy (non-hydrogen) atoms. The van der Waals surface area contributed by atoms with Gasteiger partial charge in [0.05, 0.1) is 11.0 Å². The average molecular weight is 276 g/mol. The fraction of sp³-hybridized carbons (Fsp3) is 0.733. The molecule has 0 radical (unpaired) electrons. The lowest BCUT2D eigenvalue weighted by Crippen LogP contribution is -2.48. The standard InChI is InChI=1S/C15H20N2O3/c1-9-12(18)8-20-13(9)17-5-4-15(14(17)19)6-10-2-3-11(7-15)16-10/h10-11,16H,2-8H2,1H3. The number of carbonyl (C=O) groups excluding carboxylic acids is 2. The number of ether oxygens (including phenoxy) is 1. The maximum absolute atomic E-state index is 12.9. The largest absolute Gasteiger partial charge is 0.470 e. The molecular weight excluding hydrogens is 256 g/mol. The van der Waals surface area contributed by atoms with Gasteiger partial charge in [-0.05, 0) is 39.0 Å². The highest BCUT2D eigenvalue weighted by Gasteiger charge is 2.54. The number of rotatable bonds is 1. The number of piperidine rings is 1. The van der Waals surface area contributed by atoms with Crippen molar-refractivity contribution < 1.29 is 14.3 Å². The van der Waals surface area contributed by atoms with Gasteiger partial charge in [0.25, 0.3) is 0 Å². The first-order chi connectivity index (χ1) is 9.59. The molecule has 4 rings (SSSR count). The van der Waals surface area contributed by atoms with Crippen molar-refractivity contribution in [1.29, 1.82) is 0 Å². The van der Waals surface area contributed by atoms with Gasteiger partial charge in [0.15, 0.2) is 6.61 Å². The van der Waals surface area contributed by atoms with Gasteiger partial charge in [0.1, 0.15) is 0 Å². The van der Waals surface area contributed by atoms with E-state index in [2.05, 4.69) is 5.32 Å². The zero-order valence-electron chi connectivity index (χ0n) is 11.8. The number of hydrogen-bond acceptors (Lipinski definition) is 4. The van der Waals surface area contributed by atoms with Crippen molar-refractivity contribution in [3.05, 3.63) is 11.5 Å². The van der Waals surface area contributed by atoms with Crippen molar-refractivity contribution in [2.45, 2.75) is 51.1 Å². The predicted octanol–water partition coefficient (Wildman–Crippen LogP) is 0.950. The summed E-state index contributed by atoms with van der Waals surface area (Å²) in [6, 6.07) is 0.998. The van der Waals surface area contributed by atoms with Crippen LogP contribution in [-0.4, -0.2) is 41.8 Å². The van der Waals surface area contributed by atoms with Crippen LogP contribution in [0.1, 0.15) is 39.0 Å². The fourth-order valence-corrected chi connectivity index (χ4v) is 4.39. The van der Waals surface area contributed by atoms with Gasteiger partial charge in [-0.15, -0.1) is 0 Å². The van der Waals surface area contributed by atoms with Crippen LogP contribution in [0.3, 0.4) is 0 Å². The molecule has 4 aliphatic rings. The highest BCUT2D eigenvalue weighted by molar-refractivity contribution is 5.99. The SMILES string of the molecule is CC1=C(N2CCC3(CC4CCC(C3)N4)C2=O)OCC1=O. The Morgan fingerprint density at radius 1 is 1.25 bits per heavy atom. The van der Waals surface area contributed by atoms with Crippen molar-refractivity contribution in [2.24, 2.45) is 5.41 Å². The minimum absolute atomic E-state index is 0.000805. The van der Waals surface area contributed by atoms with Crippen LogP contribution in [0.2, 0.25) is 0 Å². The third-order valence-corrected chi connectivity index (χ3v) is 5.45. The highest BCUT2D eigenvalue weighted by Crippen LogP contribution is 2.48. The lowest BCUT2D eigenvalue weighted by molar-refractivity contribution is -0.138. The number of nitrogens with zero attached hydrogens (tertiary/aromatic N) is 1. The maximum Gasteiger partial charge on any atom is 0.235 e. The lowest BCUT2D eigenvalue weighted by atomic mass is 9.74. The number of ketones is 1. The minimum Gasteiger partial charge on any atom is -0.470 e. The van der Waals surface area contributed by atoms with E-state index >= 15 is 0 Å². The number of Topliss-reactive ketones (excluding diaryl/α,β-unsaturated/α-hetero) is 1. The summed E-state index contributed by atoms with van der Waals surface area (Å²) in [6.45, 7) is 2.54. The quantitative estimate of drug-likeness (QED) is 0.774. The van der Waals surface area contributed by atoms with Crippen molar-refractivity contribution in [2.75, 3.05) is 13.2 Å². The molecule has 0 aromatic carbocycles. The first-order valence-corrected chi connectivity index (χ1v) is 7.54. The predicted molar refractivity (Wildman–Crippen MR) is 71.6 cm³/mol. The van der Waals surface area contributed by atoms with E-state index in [1.807, 2.05) is 0 Å². The van der Waals surface area contributed by atoms with Crippen LogP contribution in [0.25, 0.3) is 0 Å². The van der Waals surface area contributed by atoms with Gasteiger partial charge in [-0.3, -0.25) is 14.5 Å². The molecule has 3 fully saturated rings. The zero-order valence-corrected chi connectivity index (χ0v) is 11.8. The molecule has 1 N–H and O–H groups in total. The van der Waals surface area contributed by atoms with Gasteiger partial charge in [0.2, 0.25) is 17.6 Å². The van der Waals surface area contributed by atoms with Crippen molar-refractivity contribution in [3.8, 4) is 0 Å². The summed E-state index contributed by atoms with van der Waals surface area (Å²) in [5.41, 5.74) is 0.395. The first kappa shape index (κ1) is 12.4. The first-order valence-electron chi connectivity index (χ1n) is 7.54. The smallest absolute Gasteiger partial charge is 0.235 e. The molecule has 3 saturated heterocycles. The number of fused-ring (bicyclic) bond motifs is 2. The summed E-state index contributed by atoms with van der Waals surface area (Å²) in [6.07, 6.45) is 5.17. The van der Waals surface area contributed by atoms with Gasteiger partial charge >= 0.3 is 0 Å². The summed E-state index contributed by atoms with van der Waals surface area (Å²) in [5, 5.41) is 3.59. The summed E-state index contributed by atoms with van der Waals surface area (Å²) < 4.78 is 5.45. The molecule has 5 nitrogen and oxygen atoms in total. The molecule has 0 saturated carbocycles. The van der Waals surface area contributed by atoms with E-state index in [4.69, 9.17) is 4.74 Å². The average Bonchev–Trinajstić information content (AvgIpc) is 3.03. The molecule has 0 aromatic heterocycles. The van der Waals surface area contributed by atoms with Gasteiger partial charge in [-0.2, -0.15) is 0 Å². The molecule has 108 valence electrons. The number of carbonyl (C=O) groups is 2. The van der Waals surface area contributed by atoms with Crippen LogP contribution >= 0.6 is 0 Å². The Balaban J connectivity index is 1.62. The van der Waals surface area contributed by atoms with E-state index in [0.717, 1.165) is 19.3 Å². The van der Waals surface area contributed by atoms with Crippen LogP contribution in [0.4, 0.5) is 0 Å². The van der Waals surface area contributed by atoms with E-state index in [-0.39, 0.29) is 23.7 Å². The van der Waals surface area contributed by atoms with E-state index in [1.54, 1.807) is 11.8 Å². The Kier molecular flexibility index (Phi) is 2.52. The van der Waals surface area contributed by atoms with Crippen LogP contribution in [0.5, 0.6) is 0 Å². The van der Waals surface area contributed by atoms with E-state index in [1.165, 1.54) is 12.8 Å². The zero-order chi connectivity index (χ0) is 13.9. The second-order valence-electron chi connectivity index (χ2n) is 6.68. The molecule has 4 aliphatic heterocycles. The van der Waals surface area contributed by atoms with E-state index < -0.39 is 0 Å². The lowest BCUT2D eigenvalue weighted by Gasteiger charge is -2.36. The third-order valence-electron chi connectivity index (χ3n) is 5.45. The van der Waals surface area contributed by atoms with Crippen molar-refractivity contribution in [1.82, 2.24) is 10.2 Å². The number of hydrogen-bond donors (Lipinski definition) is 1. The maximum atomic E-state index is 12.9. The van der Waals surface area contributed by atoms with Crippen LogP contribution in [0, 0.1) is 5.41 Å². The monoisotopic (exact) mass is 276 g/mol. The van der Waals surface area contributed by atoms with E-state index in [9.17, 15) is 9.59 Å². The normalized spacial score (nSPS) is 40.1. The molecule has 4 heterocycles. The third kappa shape index (κ3) is 1.59. The number of nitrogens with one attached hydrogen (secondary N) is 1. The van der Waals surface area contributed by atoms with Crippen LogP contribution in [0.15, 0.2) is 11.5 Å². The molecule has 2 unspecified atom stereocenters. The minimum atomic E-state index is -0.209. The molecule has 2 bridgehead atoms. The second kappa shape index (κ2) is 4.07. The molecule has 0 aliphatic carbocycles. The molecule has 1 amide bonds. The molecule has 0 aromatic rings. The summed E-state index contributed by atoms with van der Waals surface area (Å²) in [4.78, 5) is 26.2. The van der Waals surface area contributed by atoms with Gasteiger partial charge in [0, 0.05) is 18.6 Å². The summed E-state index contributed by atoms with van der Waals surface area (Å²) in [5.74, 6) is 0.696. The molecule has 2 atom stereocenters. The molecule has 1 spiro atoms. The molecular formula is C15H20N2O3. The summed E-state index contributed by atoms with van der Waals surface area (Å²) >= 11 is 0. The van der Waals surface area contributed by atoms with Gasteiger partial charge in [-0.25, -0.2) is 0 Å². The number of likely N-dealkylation sites (tertiary alicyclic amines) is 1. The van der Waals surface area contributed by atoms with Crippen molar-refractivity contribution in [3.63, 3.8) is 0 Å². The Hall–Kier alpha value is -1.36. The van der Waals surface area contributed by atoms with E-state index in [0.29, 0.717) is 30.1 Å². The Morgan fingerprint density at radius 2 is 1.95 bits per heavy atom. The Bertz CT molecular complexity index is 513. The summed E-state index contributed by atoms with van der Waals surface area (Å²) in [7, 11) is 0. The van der Waals surface area contributed by atoms with Gasteiger partial charge < -0.3 is 10.1 Å². The Labute approximate surface area is 118 Å². The van der Waals surface area contributed by atoms with Gasteiger partial charge in [-0.1, -0.05) is 0 Å². The fourth-order valence-electron chi connectivity index (χ4n) is 4.39. The van der Waals surface area contributed by atoms with Crippen LogP contribution in [-0.2, 0) is 14.3 Å². The number of amides is 1. The van der Waals surface area contributed by atoms with Crippen LogP contribution < -0.4 is 5.32 Å². The topological polar surface area (TPSA) is 58.6 Å². The molecule has 5 heteroatoms. The highest BCUT2D eigenvalue weighted by atomic mass is 16.5. The van der Waals surface area contributed by atoms with Crippen molar-refractivity contribution >= 4 is 11.7 Å². The Morgan fingerprint density at radius 3 is 2.55 bits per heavy atom. The second-order valence-corrected chi connectivity index (χ2v) is 6.68.